The highest BCUT2D eigenvalue weighted by Crippen LogP contribution is 2.30. The van der Waals surface area contributed by atoms with Gasteiger partial charge >= 0.3 is 0 Å². The fourth-order valence-corrected chi connectivity index (χ4v) is 2.83. The number of nitrogens with zero attached hydrogens (tertiary/aromatic N) is 2. The molecule has 1 aromatic carbocycles. The zero-order chi connectivity index (χ0) is 15.5. The molecule has 1 N–H and O–H groups in total. The van der Waals surface area contributed by atoms with Crippen LogP contribution in [0.3, 0.4) is 0 Å². The predicted molar refractivity (Wildman–Crippen MR) is 87.1 cm³/mol. The summed E-state index contributed by atoms with van der Waals surface area (Å²) in [5.74, 6) is 0.00833. The number of hydrogen-bond acceptors (Lipinski definition) is 4. The average molecular weight is 331 g/mol. The van der Waals surface area contributed by atoms with Gasteiger partial charge in [-0.25, -0.2) is 0 Å². The Bertz CT molecular complexity index is 527. The van der Waals surface area contributed by atoms with Gasteiger partial charge in [0, 0.05) is 35.4 Å². The maximum atomic E-state index is 9.89. The minimum atomic E-state index is -0.0573. The number of halogens is 2. The van der Waals surface area contributed by atoms with Crippen LogP contribution in [0.5, 0.6) is 5.75 Å². The van der Waals surface area contributed by atoms with E-state index in [1.165, 1.54) is 6.07 Å². The number of hydrogen-bond donors (Lipinski definition) is 1. The van der Waals surface area contributed by atoms with E-state index in [9.17, 15) is 5.11 Å². The van der Waals surface area contributed by atoms with Gasteiger partial charge in [-0.3, -0.25) is 9.89 Å². The number of benzene rings is 1. The maximum Gasteiger partial charge on any atom is 0.143 e. The zero-order valence-electron chi connectivity index (χ0n) is 12.3. The van der Waals surface area contributed by atoms with Gasteiger partial charge in [0.15, 0.2) is 0 Å². The second-order valence-corrected chi connectivity index (χ2v) is 6.55. The second-order valence-electron chi connectivity index (χ2n) is 5.71. The minimum absolute atomic E-state index is 0.00833. The first kappa shape index (κ1) is 16.6. The first-order chi connectivity index (χ1) is 9.90. The van der Waals surface area contributed by atoms with Crippen molar-refractivity contribution in [3.8, 4) is 5.75 Å². The van der Waals surface area contributed by atoms with E-state index in [-0.39, 0.29) is 16.3 Å². The summed E-state index contributed by atoms with van der Waals surface area (Å²) in [6.45, 7) is 8.28. The highest BCUT2D eigenvalue weighted by Gasteiger charge is 2.27. The van der Waals surface area contributed by atoms with Crippen LogP contribution in [0, 0.1) is 0 Å². The second kappa shape index (κ2) is 6.97. The number of aliphatic imine (C=N–C) groups is 1. The summed E-state index contributed by atoms with van der Waals surface area (Å²) in [5, 5.41) is 10.6. The molecule has 1 fully saturated rings. The molecule has 1 saturated heterocycles. The van der Waals surface area contributed by atoms with Gasteiger partial charge in [-0.2, -0.15) is 0 Å². The lowest BCUT2D eigenvalue weighted by atomic mass is 10.0. The van der Waals surface area contributed by atoms with Gasteiger partial charge in [-0.05, 0) is 26.0 Å². The number of ether oxygens (including phenoxy) is 1. The molecular weight excluding hydrogens is 311 g/mol. The number of morpholine rings is 1. The van der Waals surface area contributed by atoms with E-state index in [0.717, 1.165) is 26.3 Å². The summed E-state index contributed by atoms with van der Waals surface area (Å²) < 4.78 is 5.37. The maximum absolute atomic E-state index is 9.89. The van der Waals surface area contributed by atoms with E-state index in [0.29, 0.717) is 17.1 Å². The Morgan fingerprint density at radius 3 is 2.67 bits per heavy atom. The molecule has 1 aliphatic rings. The van der Waals surface area contributed by atoms with Crippen LogP contribution in [0.4, 0.5) is 0 Å². The van der Waals surface area contributed by atoms with Crippen molar-refractivity contribution < 1.29 is 9.84 Å². The van der Waals surface area contributed by atoms with Crippen molar-refractivity contribution in [2.24, 2.45) is 4.99 Å². The molecule has 0 atom stereocenters. The van der Waals surface area contributed by atoms with Gasteiger partial charge in [0.2, 0.25) is 0 Å². The van der Waals surface area contributed by atoms with Crippen LogP contribution in [0.1, 0.15) is 19.4 Å². The summed E-state index contributed by atoms with van der Waals surface area (Å²) >= 11 is 11.8. The Labute approximate surface area is 135 Å². The molecule has 1 aliphatic heterocycles. The monoisotopic (exact) mass is 330 g/mol. The van der Waals surface area contributed by atoms with Crippen molar-refractivity contribution in [2.75, 3.05) is 32.8 Å². The molecule has 0 radical (unpaired) electrons. The van der Waals surface area contributed by atoms with Gasteiger partial charge in [0.05, 0.1) is 24.8 Å². The fraction of sp³-hybridized carbons (Fsp3) is 0.533. The first-order valence-corrected chi connectivity index (χ1v) is 7.66. The van der Waals surface area contributed by atoms with Crippen LogP contribution in [0.15, 0.2) is 17.1 Å². The van der Waals surface area contributed by atoms with E-state index < -0.39 is 0 Å². The van der Waals surface area contributed by atoms with E-state index in [1.54, 1.807) is 12.3 Å². The Hall–Kier alpha value is -0.810. The molecule has 116 valence electrons. The van der Waals surface area contributed by atoms with Crippen molar-refractivity contribution in [2.45, 2.75) is 19.4 Å². The first-order valence-electron chi connectivity index (χ1n) is 6.91. The molecule has 1 aromatic rings. The lowest BCUT2D eigenvalue weighted by molar-refractivity contribution is -0.00676. The standard InChI is InChI=1S/C15H20Cl2N2O2/c1-15(2,19-3-5-21-6-4-19)10-18-9-11-7-12(16)8-13(17)14(11)20/h7-9,20H,3-6,10H2,1-2H3. The largest absolute Gasteiger partial charge is 0.506 e. The Morgan fingerprint density at radius 2 is 2.00 bits per heavy atom. The summed E-state index contributed by atoms with van der Waals surface area (Å²) in [4.78, 5) is 6.81. The smallest absolute Gasteiger partial charge is 0.143 e. The fourth-order valence-electron chi connectivity index (χ4n) is 2.32. The van der Waals surface area contributed by atoms with E-state index >= 15 is 0 Å². The molecule has 0 unspecified atom stereocenters. The van der Waals surface area contributed by atoms with Crippen LogP contribution in [-0.2, 0) is 4.74 Å². The topological polar surface area (TPSA) is 45.1 Å². The van der Waals surface area contributed by atoms with Crippen molar-refractivity contribution in [1.82, 2.24) is 4.90 Å². The summed E-state index contributed by atoms with van der Waals surface area (Å²) in [7, 11) is 0. The Balaban J connectivity index is 2.04. The number of rotatable bonds is 4. The zero-order valence-corrected chi connectivity index (χ0v) is 13.8. The van der Waals surface area contributed by atoms with Crippen molar-refractivity contribution in [1.29, 1.82) is 0 Å². The highest BCUT2D eigenvalue weighted by molar-refractivity contribution is 6.36. The molecule has 0 bridgehead atoms. The quantitative estimate of drug-likeness (QED) is 0.862. The molecule has 6 heteroatoms. The normalized spacial score (nSPS) is 17.5. The Kier molecular flexibility index (Phi) is 5.49. The third-order valence-corrected chi connectivity index (χ3v) is 4.14. The number of aromatic hydroxyl groups is 1. The molecule has 0 spiro atoms. The van der Waals surface area contributed by atoms with E-state index in [4.69, 9.17) is 27.9 Å². The van der Waals surface area contributed by atoms with Crippen molar-refractivity contribution in [3.63, 3.8) is 0 Å². The van der Waals surface area contributed by atoms with Gasteiger partial charge in [-0.15, -0.1) is 0 Å². The van der Waals surface area contributed by atoms with E-state index in [2.05, 4.69) is 23.7 Å². The van der Waals surface area contributed by atoms with Crippen molar-refractivity contribution >= 4 is 29.4 Å². The summed E-state index contributed by atoms with van der Waals surface area (Å²) in [5.41, 5.74) is 0.475. The van der Waals surface area contributed by atoms with Crippen molar-refractivity contribution in [3.05, 3.63) is 27.7 Å². The molecule has 1 heterocycles. The molecule has 2 rings (SSSR count). The van der Waals surface area contributed by atoms with Crippen LogP contribution in [0.25, 0.3) is 0 Å². The molecule has 0 aliphatic carbocycles. The Morgan fingerprint density at radius 1 is 1.33 bits per heavy atom. The van der Waals surface area contributed by atoms with E-state index in [1.807, 2.05) is 0 Å². The minimum Gasteiger partial charge on any atom is -0.506 e. The molecular formula is C15H20Cl2N2O2. The van der Waals surface area contributed by atoms with Gasteiger partial charge in [-0.1, -0.05) is 23.2 Å². The van der Waals surface area contributed by atoms with Crippen LogP contribution >= 0.6 is 23.2 Å². The molecule has 4 nitrogen and oxygen atoms in total. The molecule has 0 saturated carbocycles. The lowest BCUT2D eigenvalue weighted by Crippen LogP contribution is -2.51. The summed E-state index contributed by atoms with van der Waals surface area (Å²) in [6, 6.07) is 3.15. The third kappa shape index (κ3) is 4.33. The van der Waals surface area contributed by atoms with Gasteiger partial charge < -0.3 is 9.84 Å². The predicted octanol–water partition coefficient (Wildman–Crippen LogP) is 3.23. The summed E-state index contributed by atoms with van der Waals surface area (Å²) in [6.07, 6.45) is 1.62. The molecule has 21 heavy (non-hydrogen) atoms. The highest BCUT2D eigenvalue weighted by atomic mass is 35.5. The number of phenols is 1. The SMILES string of the molecule is CC(C)(CN=Cc1cc(Cl)cc(Cl)c1O)N1CCOCC1. The number of phenolic OH excluding ortho intramolecular Hbond substituents is 1. The lowest BCUT2D eigenvalue weighted by Gasteiger charge is -2.39. The van der Waals surface area contributed by atoms with Crippen LogP contribution in [0.2, 0.25) is 10.0 Å². The van der Waals surface area contributed by atoms with Crippen LogP contribution in [-0.4, -0.2) is 54.6 Å². The molecule has 0 aromatic heterocycles. The van der Waals surface area contributed by atoms with Gasteiger partial charge in [0.1, 0.15) is 5.75 Å². The van der Waals surface area contributed by atoms with Crippen LogP contribution < -0.4 is 0 Å². The molecule has 0 amide bonds. The van der Waals surface area contributed by atoms with Gasteiger partial charge in [0.25, 0.3) is 0 Å². The third-order valence-electron chi connectivity index (χ3n) is 3.63. The average Bonchev–Trinajstić information content (AvgIpc) is 2.45.